The highest BCUT2D eigenvalue weighted by molar-refractivity contribution is 5.69. The number of fused-ring (bicyclic) bond motifs is 5. The van der Waals surface area contributed by atoms with Gasteiger partial charge in [-0.3, -0.25) is 4.79 Å². The average molecular weight is 490 g/mol. The lowest BCUT2D eigenvalue weighted by Crippen LogP contribution is -2.56. The molecule has 0 amide bonds. The summed E-state index contributed by atoms with van der Waals surface area (Å²) in [6.45, 7) is 9.47. The van der Waals surface area contributed by atoms with Crippen LogP contribution in [0, 0.1) is 16.7 Å². The first kappa shape index (κ1) is 25.0. The van der Waals surface area contributed by atoms with Crippen LogP contribution < -0.4 is 9.64 Å². The van der Waals surface area contributed by atoms with Crippen molar-refractivity contribution in [2.75, 3.05) is 25.1 Å². The Labute approximate surface area is 215 Å². The summed E-state index contributed by atoms with van der Waals surface area (Å²) in [7, 11) is 2.10. The lowest BCUT2D eigenvalue weighted by Gasteiger charge is -2.59. The first-order valence-electron chi connectivity index (χ1n) is 13.3. The fourth-order valence-electron chi connectivity index (χ4n) is 7.67. The number of hydrogen-bond acceptors (Lipinski definition) is 5. The van der Waals surface area contributed by atoms with Crippen LogP contribution in [0.5, 0.6) is 5.75 Å². The molecule has 0 spiro atoms. The van der Waals surface area contributed by atoms with Gasteiger partial charge >= 0.3 is 5.97 Å². The van der Waals surface area contributed by atoms with E-state index in [1.165, 1.54) is 23.7 Å². The highest BCUT2D eigenvalue weighted by Gasteiger charge is 2.64. The van der Waals surface area contributed by atoms with Gasteiger partial charge in [0.25, 0.3) is 0 Å². The number of rotatable bonds is 7. The molecule has 36 heavy (non-hydrogen) atoms. The van der Waals surface area contributed by atoms with Crippen LogP contribution >= 0.6 is 0 Å². The Hall–Kier alpha value is -2.63. The third kappa shape index (κ3) is 4.16. The molecule has 1 N–H and O–H groups in total. The third-order valence-corrected chi connectivity index (χ3v) is 9.40. The number of aliphatic hydroxyl groups is 1. The summed E-state index contributed by atoms with van der Waals surface area (Å²) in [5.74, 6) is 0.834. The van der Waals surface area contributed by atoms with Crippen LogP contribution in [-0.2, 0) is 16.0 Å². The van der Waals surface area contributed by atoms with Gasteiger partial charge in [0.1, 0.15) is 5.75 Å². The van der Waals surface area contributed by atoms with E-state index in [0.29, 0.717) is 18.3 Å². The molecule has 1 unspecified atom stereocenters. The van der Waals surface area contributed by atoms with Gasteiger partial charge in [0.15, 0.2) is 0 Å². The zero-order chi connectivity index (χ0) is 25.5. The number of anilines is 1. The Kier molecular flexibility index (Phi) is 6.73. The Morgan fingerprint density at radius 1 is 1.22 bits per heavy atom. The molecule has 0 radical (unpaired) electrons. The predicted molar refractivity (Wildman–Crippen MR) is 142 cm³/mol. The van der Waals surface area contributed by atoms with Crippen molar-refractivity contribution in [3.63, 3.8) is 0 Å². The molecule has 0 heterocycles. The van der Waals surface area contributed by atoms with Gasteiger partial charge in [-0.2, -0.15) is 0 Å². The number of hydrogen-bond donors (Lipinski definition) is 1. The first-order chi connectivity index (χ1) is 17.3. The number of ether oxygens (including phenoxy) is 2. The van der Waals surface area contributed by atoms with E-state index in [1.807, 2.05) is 18.2 Å². The lowest BCUT2D eigenvalue weighted by atomic mass is 9.46. The molecule has 2 aromatic carbocycles. The molecule has 3 aliphatic carbocycles. The molecule has 2 saturated carbocycles. The number of aryl methyl sites for hydroxylation is 1. The molecule has 2 aromatic rings. The Morgan fingerprint density at radius 3 is 2.72 bits per heavy atom. The molecule has 192 valence electrons. The van der Waals surface area contributed by atoms with Crippen molar-refractivity contribution in [3.8, 4) is 5.75 Å². The minimum Gasteiger partial charge on any atom is -0.427 e. The van der Waals surface area contributed by atoms with E-state index in [4.69, 9.17) is 9.47 Å². The van der Waals surface area contributed by atoms with Crippen molar-refractivity contribution >= 4 is 11.7 Å². The van der Waals surface area contributed by atoms with Crippen molar-refractivity contribution in [3.05, 3.63) is 72.3 Å². The molecular weight excluding hydrogens is 450 g/mol. The van der Waals surface area contributed by atoms with Crippen LogP contribution in [-0.4, -0.2) is 43.5 Å². The number of carbonyl (C=O) groups is 1. The number of esters is 1. The summed E-state index contributed by atoms with van der Waals surface area (Å²) in [5.41, 5.74) is 3.37. The Balaban J connectivity index is 1.46. The van der Waals surface area contributed by atoms with Crippen LogP contribution in [0.15, 0.2) is 61.2 Å². The molecule has 0 saturated heterocycles. The molecule has 0 aromatic heterocycles. The summed E-state index contributed by atoms with van der Waals surface area (Å²) in [6.07, 6.45) is 6.40. The van der Waals surface area contributed by atoms with Crippen molar-refractivity contribution < 1.29 is 19.4 Å². The molecule has 5 rings (SSSR count). The monoisotopic (exact) mass is 489 g/mol. The number of para-hydroxylation sites is 1. The Bertz CT molecular complexity index is 1120. The molecule has 5 nitrogen and oxygen atoms in total. The summed E-state index contributed by atoms with van der Waals surface area (Å²) >= 11 is 0. The summed E-state index contributed by atoms with van der Waals surface area (Å²) < 4.78 is 12.2. The average Bonchev–Trinajstić information content (AvgIpc) is 3.18. The van der Waals surface area contributed by atoms with Gasteiger partial charge in [-0.05, 0) is 78.8 Å². The van der Waals surface area contributed by atoms with Crippen molar-refractivity contribution in [2.45, 2.75) is 64.1 Å². The van der Waals surface area contributed by atoms with E-state index >= 15 is 0 Å². The number of carbonyl (C=O) groups excluding carboxylic acids is 1. The number of benzene rings is 2. The smallest absolute Gasteiger partial charge is 0.308 e. The van der Waals surface area contributed by atoms with E-state index in [1.54, 1.807) is 0 Å². The molecule has 2 fully saturated rings. The second-order valence-corrected chi connectivity index (χ2v) is 11.3. The second kappa shape index (κ2) is 9.68. The van der Waals surface area contributed by atoms with Crippen LogP contribution in [0.1, 0.15) is 56.6 Å². The first-order valence-corrected chi connectivity index (χ1v) is 13.3. The van der Waals surface area contributed by atoms with E-state index in [2.05, 4.69) is 61.9 Å². The van der Waals surface area contributed by atoms with Crippen molar-refractivity contribution in [2.24, 2.45) is 16.7 Å². The largest absolute Gasteiger partial charge is 0.427 e. The van der Waals surface area contributed by atoms with Crippen LogP contribution in [0.4, 0.5) is 5.69 Å². The summed E-state index contributed by atoms with van der Waals surface area (Å²) in [6, 6.07) is 16.4. The van der Waals surface area contributed by atoms with E-state index in [9.17, 15) is 9.90 Å². The van der Waals surface area contributed by atoms with Crippen molar-refractivity contribution in [1.82, 2.24) is 0 Å². The standard InChI is InChI=1S/C31H39NO4/c1-5-31-16-15-22-19-24(36-21(2)33)11-12-25(22)29(31)26(20-30(3)27(31)13-14-28(30)34)35-18-17-32(4)23-9-7-6-8-10-23/h5-12,19,26-29,34H,1,13-18,20H2,2-4H3/t26-,27+,28?,29-,30-,31-/m0/s1. The normalized spacial score (nSPS) is 32.7. The van der Waals surface area contributed by atoms with Gasteiger partial charge < -0.3 is 19.5 Å². The quantitative estimate of drug-likeness (QED) is 0.315. The lowest BCUT2D eigenvalue weighted by molar-refractivity contribution is -0.132. The second-order valence-electron chi connectivity index (χ2n) is 11.3. The zero-order valence-electron chi connectivity index (χ0n) is 21.8. The summed E-state index contributed by atoms with van der Waals surface area (Å²) in [4.78, 5) is 13.8. The number of allylic oxidation sites excluding steroid dienone is 1. The highest BCUT2D eigenvalue weighted by Crippen LogP contribution is 2.68. The molecule has 3 aliphatic rings. The topological polar surface area (TPSA) is 59.0 Å². The maximum absolute atomic E-state index is 11.5. The molecular formula is C31H39NO4. The Morgan fingerprint density at radius 2 is 2.00 bits per heavy atom. The molecule has 6 atom stereocenters. The summed E-state index contributed by atoms with van der Waals surface area (Å²) in [5, 5.41) is 11.1. The van der Waals surface area contributed by atoms with Crippen LogP contribution in [0.25, 0.3) is 0 Å². The third-order valence-electron chi connectivity index (χ3n) is 9.40. The van der Waals surface area contributed by atoms with E-state index in [0.717, 1.165) is 38.6 Å². The number of nitrogens with zero attached hydrogens (tertiary/aromatic N) is 1. The van der Waals surface area contributed by atoms with Gasteiger partial charge in [-0.1, -0.05) is 37.3 Å². The van der Waals surface area contributed by atoms with Gasteiger partial charge in [0.2, 0.25) is 0 Å². The fraction of sp³-hybridized carbons (Fsp3) is 0.516. The van der Waals surface area contributed by atoms with Crippen LogP contribution in [0.3, 0.4) is 0 Å². The maximum atomic E-state index is 11.5. The van der Waals surface area contributed by atoms with E-state index in [-0.39, 0.29) is 34.9 Å². The van der Waals surface area contributed by atoms with Gasteiger partial charge in [0, 0.05) is 37.5 Å². The van der Waals surface area contributed by atoms with Gasteiger partial charge in [-0.15, -0.1) is 6.58 Å². The van der Waals surface area contributed by atoms with E-state index < -0.39 is 0 Å². The number of likely N-dealkylation sites (N-methyl/N-ethyl adjacent to an activating group) is 1. The molecule has 5 heteroatoms. The number of aliphatic hydroxyl groups excluding tert-OH is 1. The fourth-order valence-corrected chi connectivity index (χ4v) is 7.67. The molecule has 0 aliphatic heterocycles. The highest BCUT2D eigenvalue weighted by atomic mass is 16.5. The maximum Gasteiger partial charge on any atom is 0.308 e. The van der Waals surface area contributed by atoms with Gasteiger partial charge in [0.05, 0.1) is 18.8 Å². The van der Waals surface area contributed by atoms with Gasteiger partial charge in [-0.25, -0.2) is 0 Å². The van der Waals surface area contributed by atoms with Crippen molar-refractivity contribution in [1.29, 1.82) is 0 Å². The predicted octanol–water partition coefficient (Wildman–Crippen LogP) is 5.52. The minimum absolute atomic E-state index is 0.0280. The van der Waals surface area contributed by atoms with Crippen LogP contribution in [0.2, 0.25) is 0 Å². The molecule has 0 bridgehead atoms. The minimum atomic E-state index is -0.314. The SMILES string of the molecule is C=C[C@@]12CCc3cc(OC(C)=O)ccc3[C@H]1[C@@H](OCCN(C)c1ccccc1)C[C@]1(C)C(O)CC[C@@H]21. The zero-order valence-corrected chi connectivity index (χ0v) is 21.8.